The summed E-state index contributed by atoms with van der Waals surface area (Å²) in [6.07, 6.45) is 2.52. The predicted octanol–water partition coefficient (Wildman–Crippen LogP) is 3.41. The van der Waals surface area contributed by atoms with Gasteiger partial charge >= 0.3 is 0 Å². The van der Waals surface area contributed by atoms with Crippen molar-refractivity contribution in [3.63, 3.8) is 0 Å². The van der Waals surface area contributed by atoms with Gasteiger partial charge in [0.2, 0.25) is 0 Å². The Morgan fingerprint density at radius 1 is 1.29 bits per heavy atom. The Hall–Kier alpha value is -1.49. The molecule has 4 N–H and O–H groups in total. The van der Waals surface area contributed by atoms with Crippen LogP contribution in [-0.2, 0) is 0 Å². The molecule has 0 fully saturated rings. The van der Waals surface area contributed by atoms with Crippen molar-refractivity contribution >= 4 is 11.4 Å². The second-order valence-corrected chi connectivity index (χ2v) is 5.44. The van der Waals surface area contributed by atoms with Gasteiger partial charge in [-0.25, -0.2) is 4.39 Å². The molecule has 0 aliphatic rings. The van der Waals surface area contributed by atoms with Crippen LogP contribution in [0.25, 0.3) is 0 Å². The highest BCUT2D eigenvalue weighted by atomic mass is 19.1. The molecule has 4 nitrogen and oxygen atoms in total. The lowest BCUT2D eigenvalue weighted by Gasteiger charge is -2.30. The second kappa shape index (κ2) is 8.08. The molecule has 0 saturated carbocycles. The van der Waals surface area contributed by atoms with Crippen molar-refractivity contribution in [3.8, 4) is 5.75 Å². The van der Waals surface area contributed by atoms with Gasteiger partial charge in [-0.3, -0.25) is 0 Å². The molecule has 0 radical (unpaired) electrons. The van der Waals surface area contributed by atoms with Crippen LogP contribution in [0.4, 0.5) is 15.8 Å². The highest BCUT2D eigenvalue weighted by Crippen LogP contribution is 2.31. The smallest absolute Gasteiger partial charge is 0.167 e. The highest BCUT2D eigenvalue weighted by Gasteiger charge is 2.25. The van der Waals surface area contributed by atoms with Crippen LogP contribution in [0.2, 0.25) is 0 Å². The number of hydrogen-bond donors (Lipinski definition) is 3. The maximum Gasteiger partial charge on any atom is 0.167 e. The molecule has 0 atom stereocenters. The van der Waals surface area contributed by atoms with Crippen LogP contribution in [0.5, 0.6) is 5.75 Å². The lowest BCUT2D eigenvalue weighted by Crippen LogP contribution is -2.32. The second-order valence-electron chi connectivity index (χ2n) is 5.44. The van der Waals surface area contributed by atoms with Gasteiger partial charge in [0.05, 0.1) is 24.6 Å². The quantitative estimate of drug-likeness (QED) is 0.611. The van der Waals surface area contributed by atoms with Gasteiger partial charge in [0.1, 0.15) is 0 Å². The maximum absolute atomic E-state index is 13.8. The molecular formula is C16H27FN2O2. The number of rotatable bonds is 9. The van der Waals surface area contributed by atoms with Gasteiger partial charge in [-0.1, -0.05) is 20.8 Å². The number of aliphatic hydroxyl groups is 1. The first-order chi connectivity index (χ1) is 10.0. The molecule has 0 saturated heterocycles. The first-order valence-electron chi connectivity index (χ1n) is 7.58. The third-order valence-electron chi connectivity index (χ3n) is 4.05. The molecule has 1 rings (SSSR count). The van der Waals surface area contributed by atoms with E-state index in [1.165, 1.54) is 6.07 Å². The number of halogens is 1. The van der Waals surface area contributed by atoms with Crippen LogP contribution in [0.15, 0.2) is 12.1 Å². The maximum atomic E-state index is 13.8. The number of aliphatic hydroxyl groups excluding tert-OH is 1. The Bertz CT molecular complexity index is 440. The Labute approximate surface area is 126 Å². The van der Waals surface area contributed by atoms with E-state index in [1.54, 1.807) is 6.07 Å². The topological polar surface area (TPSA) is 67.5 Å². The number of anilines is 2. The Balaban J connectivity index is 2.87. The van der Waals surface area contributed by atoms with Crippen molar-refractivity contribution in [2.24, 2.45) is 5.41 Å². The van der Waals surface area contributed by atoms with Crippen molar-refractivity contribution in [1.82, 2.24) is 0 Å². The standard InChI is InChI=1S/C16H27FN2O2/c1-4-7-21-15-9-14(13(18)8-12(15)17)19-10-16(5-2,6-3)11-20/h8-9,19-20H,4-7,10-11,18H2,1-3H3. The SMILES string of the molecule is CCCOc1cc(NCC(CC)(CC)CO)c(N)cc1F. The van der Waals surface area contributed by atoms with Crippen LogP contribution >= 0.6 is 0 Å². The van der Waals surface area contributed by atoms with E-state index in [1.807, 2.05) is 20.8 Å². The molecule has 0 aliphatic heterocycles. The monoisotopic (exact) mass is 298 g/mol. The average molecular weight is 298 g/mol. The summed E-state index contributed by atoms with van der Waals surface area (Å²) >= 11 is 0. The molecule has 1 aromatic carbocycles. The summed E-state index contributed by atoms with van der Waals surface area (Å²) in [7, 11) is 0. The fraction of sp³-hybridized carbons (Fsp3) is 0.625. The summed E-state index contributed by atoms with van der Waals surface area (Å²) in [5.41, 5.74) is 6.65. The summed E-state index contributed by atoms with van der Waals surface area (Å²) in [6, 6.07) is 2.86. The molecule has 21 heavy (non-hydrogen) atoms. The van der Waals surface area contributed by atoms with Gasteiger partial charge < -0.3 is 20.9 Å². The van der Waals surface area contributed by atoms with Crippen molar-refractivity contribution in [3.05, 3.63) is 17.9 Å². The lowest BCUT2D eigenvalue weighted by atomic mass is 9.83. The molecule has 0 aliphatic carbocycles. The Morgan fingerprint density at radius 3 is 2.48 bits per heavy atom. The third kappa shape index (κ3) is 4.49. The third-order valence-corrected chi connectivity index (χ3v) is 4.05. The molecule has 1 aromatic rings. The fourth-order valence-corrected chi connectivity index (χ4v) is 2.11. The molecular weight excluding hydrogens is 271 g/mol. The highest BCUT2D eigenvalue weighted by molar-refractivity contribution is 5.68. The molecule has 5 heteroatoms. The number of hydrogen-bond acceptors (Lipinski definition) is 4. The van der Waals surface area contributed by atoms with E-state index in [0.29, 0.717) is 24.5 Å². The summed E-state index contributed by atoms with van der Waals surface area (Å²) in [6.45, 7) is 7.21. The van der Waals surface area contributed by atoms with Crippen LogP contribution < -0.4 is 15.8 Å². The zero-order valence-corrected chi connectivity index (χ0v) is 13.2. The van der Waals surface area contributed by atoms with E-state index < -0.39 is 5.82 Å². The van der Waals surface area contributed by atoms with Crippen LogP contribution in [0.3, 0.4) is 0 Å². The Kier molecular flexibility index (Phi) is 6.75. The van der Waals surface area contributed by atoms with Gasteiger partial charge in [-0.05, 0) is 19.3 Å². The predicted molar refractivity (Wildman–Crippen MR) is 85.2 cm³/mol. The van der Waals surface area contributed by atoms with E-state index in [9.17, 15) is 9.50 Å². The van der Waals surface area contributed by atoms with Crippen molar-refractivity contribution in [2.75, 3.05) is 30.8 Å². The largest absolute Gasteiger partial charge is 0.490 e. The molecule has 0 heterocycles. The van der Waals surface area contributed by atoms with Crippen LogP contribution in [0.1, 0.15) is 40.0 Å². The lowest BCUT2D eigenvalue weighted by molar-refractivity contribution is 0.127. The molecule has 0 bridgehead atoms. The number of nitrogen functional groups attached to an aromatic ring is 1. The average Bonchev–Trinajstić information content (AvgIpc) is 2.49. The van der Waals surface area contributed by atoms with Gasteiger partial charge in [0, 0.05) is 24.1 Å². The zero-order valence-electron chi connectivity index (χ0n) is 13.2. The first kappa shape index (κ1) is 17.6. The Morgan fingerprint density at radius 2 is 1.95 bits per heavy atom. The van der Waals surface area contributed by atoms with E-state index in [4.69, 9.17) is 10.5 Å². The minimum atomic E-state index is -0.453. The summed E-state index contributed by atoms with van der Waals surface area (Å²) in [4.78, 5) is 0. The van der Waals surface area contributed by atoms with E-state index in [-0.39, 0.29) is 17.8 Å². The van der Waals surface area contributed by atoms with Crippen molar-refractivity contribution in [2.45, 2.75) is 40.0 Å². The number of nitrogens with two attached hydrogens (primary N) is 1. The van der Waals surface area contributed by atoms with Crippen molar-refractivity contribution in [1.29, 1.82) is 0 Å². The molecule has 0 amide bonds. The van der Waals surface area contributed by atoms with Gasteiger partial charge in [0.25, 0.3) is 0 Å². The minimum Gasteiger partial charge on any atom is -0.490 e. The summed E-state index contributed by atoms with van der Waals surface area (Å²) < 4.78 is 19.1. The van der Waals surface area contributed by atoms with Gasteiger partial charge in [-0.2, -0.15) is 0 Å². The van der Waals surface area contributed by atoms with Gasteiger partial charge in [-0.15, -0.1) is 0 Å². The number of ether oxygens (including phenoxy) is 1. The van der Waals surface area contributed by atoms with Crippen molar-refractivity contribution < 1.29 is 14.2 Å². The summed E-state index contributed by atoms with van der Waals surface area (Å²) in [5, 5.41) is 12.8. The minimum absolute atomic E-state index is 0.104. The van der Waals surface area contributed by atoms with Crippen LogP contribution in [-0.4, -0.2) is 24.9 Å². The fourth-order valence-electron chi connectivity index (χ4n) is 2.11. The molecule has 0 aromatic heterocycles. The first-order valence-corrected chi connectivity index (χ1v) is 7.58. The summed E-state index contributed by atoms with van der Waals surface area (Å²) in [5.74, 6) is -0.248. The van der Waals surface area contributed by atoms with Gasteiger partial charge in [0.15, 0.2) is 11.6 Å². The molecule has 120 valence electrons. The normalized spacial score (nSPS) is 11.5. The van der Waals surface area contributed by atoms with Crippen LogP contribution in [0, 0.1) is 11.2 Å². The molecule has 0 spiro atoms. The number of benzene rings is 1. The van der Waals surface area contributed by atoms with E-state index >= 15 is 0 Å². The van der Waals surface area contributed by atoms with E-state index in [0.717, 1.165) is 19.3 Å². The van der Waals surface area contributed by atoms with E-state index in [2.05, 4.69) is 5.32 Å². The molecule has 0 unspecified atom stereocenters. The zero-order chi connectivity index (χ0) is 15.9. The number of nitrogens with one attached hydrogen (secondary N) is 1.